The maximum atomic E-state index is 10.7. The van der Waals surface area contributed by atoms with Crippen LogP contribution >= 0.6 is 0 Å². The van der Waals surface area contributed by atoms with Gasteiger partial charge >= 0.3 is 0 Å². The summed E-state index contributed by atoms with van der Waals surface area (Å²) in [7, 11) is -1.57. The quantitative estimate of drug-likeness (QED) is 0.456. The molecule has 1 aromatic carbocycles. The zero-order valence-electron chi connectivity index (χ0n) is 9.47. The Kier molecular flexibility index (Phi) is 2.31. The van der Waals surface area contributed by atoms with Crippen LogP contribution < -0.4 is 0 Å². The number of fused-ring (bicyclic) bond motifs is 1. The lowest BCUT2D eigenvalue weighted by Crippen LogP contribution is -2.31. The summed E-state index contributed by atoms with van der Waals surface area (Å²) in [6.45, 7) is 6.52. The molecule has 0 fully saturated rings. The topological polar surface area (TPSA) is 61.0 Å². The number of non-ortho nitro benzene ring substituents is 1. The molecule has 0 aliphatic carbocycles. The van der Waals surface area contributed by atoms with E-state index in [1.54, 1.807) is 18.5 Å². The van der Waals surface area contributed by atoms with Gasteiger partial charge in [0.05, 0.1) is 22.3 Å². The van der Waals surface area contributed by atoms with Gasteiger partial charge in [0, 0.05) is 12.1 Å². The van der Waals surface area contributed by atoms with E-state index >= 15 is 0 Å². The zero-order chi connectivity index (χ0) is 11.9. The van der Waals surface area contributed by atoms with Gasteiger partial charge in [-0.2, -0.15) is 0 Å². The van der Waals surface area contributed by atoms with E-state index in [0.717, 1.165) is 11.0 Å². The van der Waals surface area contributed by atoms with Gasteiger partial charge in [-0.3, -0.25) is 10.1 Å². The molecule has 1 heterocycles. The molecule has 0 aliphatic rings. The second kappa shape index (κ2) is 3.41. The van der Waals surface area contributed by atoms with Gasteiger partial charge in [0.15, 0.2) is 8.24 Å². The number of imidazole rings is 1. The Morgan fingerprint density at radius 3 is 2.62 bits per heavy atom. The lowest BCUT2D eigenvalue weighted by Gasteiger charge is -2.18. The molecule has 16 heavy (non-hydrogen) atoms. The molecule has 1 aromatic heterocycles. The predicted molar refractivity (Wildman–Crippen MR) is 65.1 cm³/mol. The largest absolute Gasteiger partial charge is 0.359 e. The molecule has 0 radical (unpaired) electrons. The van der Waals surface area contributed by atoms with E-state index in [4.69, 9.17) is 0 Å². The maximum Gasteiger partial charge on any atom is 0.271 e. The van der Waals surface area contributed by atoms with Crippen molar-refractivity contribution in [1.29, 1.82) is 0 Å². The molecule has 0 bridgehead atoms. The van der Waals surface area contributed by atoms with Crippen molar-refractivity contribution in [2.24, 2.45) is 0 Å². The summed E-state index contributed by atoms with van der Waals surface area (Å²) in [6, 6.07) is 4.79. The van der Waals surface area contributed by atoms with Crippen LogP contribution in [0, 0.1) is 10.1 Å². The first-order valence-electron chi connectivity index (χ1n) is 5.01. The van der Waals surface area contributed by atoms with E-state index in [1.165, 1.54) is 6.07 Å². The number of hydrogen-bond donors (Lipinski definition) is 0. The third-order valence-corrected chi connectivity index (χ3v) is 4.27. The van der Waals surface area contributed by atoms with Crippen LogP contribution in [0.1, 0.15) is 0 Å². The van der Waals surface area contributed by atoms with Crippen LogP contribution in [0.25, 0.3) is 11.0 Å². The van der Waals surface area contributed by atoms with Gasteiger partial charge in [-0.1, -0.05) is 19.6 Å². The molecule has 0 spiro atoms. The highest BCUT2D eigenvalue weighted by Crippen LogP contribution is 2.22. The molecule has 0 saturated heterocycles. The van der Waals surface area contributed by atoms with Crippen LogP contribution in [0.5, 0.6) is 0 Å². The minimum absolute atomic E-state index is 0.118. The van der Waals surface area contributed by atoms with Gasteiger partial charge < -0.3 is 4.23 Å². The molecule has 84 valence electrons. The fourth-order valence-electron chi connectivity index (χ4n) is 1.64. The average Bonchev–Trinajstić information content (AvgIpc) is 2.58. The first kappa shape index (κ1) is 10.8. The molecule has 0 N–H and O–H groups in total. The first-order valence-corrected chi connectivity index (χ1v) is 8.46. The Morgan fingerprint density at radius 1 is 1.38 bits per heavy atom. The Hall–Kier alpha value is -1.69. The molecule has 0 saturated carbocycles. The van der Waals surface area contributed by atoms with Gasteiger partial charge in [-0.25, -0.2) is 4.98 Å². The van der Waals surface area contributed by atoms with Crippen LogP contribution in [0.2, 0.25) is 19.6 Å². The molecule has 2 rings (SSSR count). The standard InChI is InChI=1S/C10H13N3O2Si/c1-16(2,3)12-7-11-9-5-4-8(13(14)15)6-10(9)12/h4-7H,1-3H3. The zero-order valence-corrected chi connectivity index (χ0v) is 10.5. The third-order valence-electron chi connectivity index (χ3n) is 2.46. The van der Waals surface area contributed by atoms with E-state index in [1.807, 2.05) is 0 Å². The van der Waals surface area contributed by atoms with Crippen LogP contribution in [0.15, 0.2) is 24.5 Å². The lowest BCUT2D eigenvalue weighted by molar-refractivity contribution is -0.384. The number of nitrogens with zero attached hydrogens (tertiary/aromatic N) is 3. The van der Waals surface area contributed by atoms with Crippen LogP contribution in [-0.4, -0.2) is 22.4 Å². The summed E-state index contributed by atoms with van der Waals surface area (Å²) in [4.78, 5) is 14.6. The van der Waals surface area contributed by atoms with E-state index in [9.17, 15) is 10.1 Å². The smallest absolute Gasteiger partial charge is 0.271 e. The van der Waals surface area contributed by atoms with Crippen molar-refractivity contribution in [3.05, 3.63) is 34.6 Å². The Bertz CT molecular complexity index is 557. The monoisotopic (exact) mass is 235 g/mol. The molecule has 0 aliphatic heterocycles. The summed E-state index contributed by atoms with van der Waals surface area (Å²) in [6.07, 6.45) is 1.78. The van der Waals surface area contributed by atoms with Crippen molar-refractivity contribution < 1.29 is 4.92 Å². The minimum atomic E-state index is -1.57. The van der Waals surface area contributed by atoms with Gasteiger partial charge in [-0.15, -0.1) is 0 Å². The highest BCUT2D eigenvalue weighted by atomic mass is 28.3. The molecule has 5 nitrogen and oxygen atoms in total. The molecule has 0 unspecified atom stereocenters. The fourth-order valence-corrected chi connectivity index (χ4v) is 2.95. The third kappa shape index (κ3) is 1.71. The van der Waals surface area contributed by atoms with E-state index < -0.39 is 8.24 Å². The lowest BCUT2D eigenvalue weighted by atomic mass is 10.3. The van der Waals surface area contributed by atoms with Gasteiger partial charge in [-0.05, 0) is 6.07 Å². The van der Waals surface area contributed by atoms with Crippen molar-refractivity contribution in [3.8, 4) is 0 Å². The Labute approximate surface area is 94.0 Å². The average molecular weight is 235 g/mol. The van der Waals surface area contributed by atoms with Crippen LogP contribution in [0.3, 0.4) is 0 Å². The molecular weight excluding hydrogens is 222 g/mol. The molecule has 6 heteroatoms. The normalized spacial score (nSPS) is 11.9. The number of benzene rings is 1. The van der Waals surface area contributed by atoms with Crippen molar-refractivity contribution in [2.75, 3.05) is 0 Å². The number of nitro benzene ring substituents is 1. The fraction of sp³-hybridized carbons (Fsp3) is 0.300. The summed E-state index contributed by atoms with van der Waals surface area (Å²) >= 11 is 0. The predicted octanol–water partition coefficient (Wildman–Crippen LogP) is 2.63. The minimum Gasteiger partial charge on any atom is -0.359 e. The second-order valence-corrected chi connectivity index (χ2v) is 9.54. The number of hydrogen-bond acceptors (Lipinski definition) is 3. The Morgan fingerprint density at radius 2 is 2.06 bits per heavy atom. The molecule has 2 aromatic rings. The Balaban J connectivity index is 2.70. The molecular formula is C10H13N3O2Si. The number of aromatic nitrogens is 2. The van der Waals surface area contributed by atoms with E-state index in [0.29, 0.717) is 0 Å². The molecule has 0 atom stereocenters. The first-order chi connectivity index (χ1) is 7.39. The number of rotatable bonds is 2. The van der Waals surface area contributed by atoms with Gasteiger partial charge in [0.25, 0.3) is 5.69 Å². The van der Waals surface area contributed by atoms with Crippen LogP contribution in [-0.2, 0) is 0 Å². The van der Waals surface area contributed by atoms with Gasteiger partial charge in [0.1, 0.15) is 0 Å². The SMILES string of the molecule is C[Si](C)(C)n1cnc2ccc([N+](=O)[O-])cc21. The van der Waals surface area contributed by atoms with E-state index in [-0.39, 0.29) is 10.6 Å². The van der Waals surface area contributed by atoms with Crippen molar-refractivity contribution >= 4 is 25.0 Å². The van der Waals surface area contributed by atoms with E-state index in [2.05, 4.69) is 28.9 Å². The highest BCUT2D eigenvalue weighted by Gasteiger charge is 2.20. The van der Waals surface area contributed by atoms with Gasteiger partial charge in [0.2, 0.25) is 0 Å². The summed E-state index contributed by atoms with van der Waals surface area (Å²) in [5.74, 6) is 0. The summed E-state index contributed by atoms with van der Waals surface area (Å²) < 4.78 is 2.08. The van der Waals surface area contributed by atoms with Crippen molar-refractivity contribution in [1.82, 2.24) is 9.22 Å². The summed E-state index contributed by atoms with van der Waals surface area (Å²) in [5.41, 5.74) is 1.79. The summed E-state index contributed by atoms with van der Waals surface area (Å²) in [5, 5.41) is 10.7. The maximum absolute atomic E-state index is 10.7. The van der Waals surface area contributed by atoms with Crippen molar-refractivity contribution in [2.45, 2.75) is 19.6 Å². The van der Waals surface area contributed by atoms with Crippen molar-refractivity contribution in [3.63, 3.8) is 0 Å². The highest BCUT2D eigenvalue weighted by molar-refractivity contribution is 6.75. The van der Waals surface area contributed by atoms with Crippen LogP contribution in [0.4, 0.5) is 5.69 Å². The number of nitro groups is 1. The molecule has 0 amide bonds. The second-order valence-electron chi connectivity index (χ2n) is 4.72.